The fourth-order valence-corrected chi connectivity index (χ4v) is 4.23. The number of fused-ring (bicyclic) bond motifs is 1. The van der Waals surface area contributed by atoms with E-state index in [-0.39, 0.29) is 23.5 Å². The summed E-state index contributed by atoms with van der Waals surface area (Å²) in [5.41, 5.74) is 1.00. The van der Waals surface area contributed by atoms with Crippen LogP contribution in [0.15, 0.2) is 59.5 Å². The molecular formula is C16H13N5O3S. The van der Waals surface area contributed by atoms with Crippen LogP contribution in [0.1, 0.15) is 10.4 Å². The Balaban J connectivity index is 1.53. The molecule has 0 spiro atoms. The maximum Gasteiger partial charge on any atom is 0.269 e. The Kier molecular flexibility index (Phi) is 3.57. The fourth-order valence-electron chi connectivity index (χ4n) is 2.67. The first-order chi connectivity index (χ1) is 12.1. The number of tetrazole rings is 1. The molecule has 25 heavy (non-hydrogen) atoms. The van der Waals surface area contributed by atoms with Crippen LogP contribution < -0.4 is 0 Å². The van der Waals surface area contributed by atoms with E-state index in [1.165, 1.54) is 16.9 Å². The number of benzene rings is 2. The van der Waals surface area contributed by atoms with Crippen LogP contribution in [0.3, 0.4) is 0 Å². The molecule has 0 N–H and O–H groups in total. The molecule has 1 aliphatic heterocycles. The van der Waals surface area contributed by atoms with E-state index >= 15 is 0 Å². The first-order valence-corrected chi connectivity index (χ1v) is 9.01. The van der Waals surface area contributed by atoms with Crippen LogP contribution in [0.2, 0.25) is 0 Å². The molecule has 0 atom stereocenters. The van der Waals surface area contributed by atoms with E-state index in [4.69, 9.17) is 0 Å². The Labute approximate surface area is 143 Å². The van der Waals surface area contributed by atoms with Crippen LogP contribution in [-0.4, -0.2) is 45.4 Å². The smallest absolute Gasteiger partial charge is 0.268 e. The Bertz CT molecular complexity index is 1050. The van der Waals surface area contributed by atoms with E-state index in [2.05, 4.69) is 15.4 Å². The fraction of sp³-hybridized carbons (Fsp3) is 0.125. The van der Waals surface area contributed by atoms with E-state index in [0.29, 0.717) is 5.82 Å². The largest absolute Gasteiger partial charge is 0.269 e. The van der Waals surface area contributed by atoms with E-state index in [1.54, 1.807) is 12.1 Å². The molecule has 126 valence electrons. The van der Waals surface area contributed by atoms with Gasteiger partial charge in [-0.05, 0) is 17.3 Å². The average molecular weight is 355 g/mol. The third kappa shape index (κ3) is 2.58. The molecule has 0 saturated carbocycles. The van der Waals surface area contributed by atoms with Gasteiger partial charge in [-0.2, -0.15) is 4.80 Å². The molecule has 1 aromatic heterocycles. The van der Waals surface area contributed by atoms with E-state index < -0.39 is 15.9 Å². The van der Waals surface area contributed by atoms with Crippen molar-refractivity contribution in [3.05, 3.63) is 60.2 Å². The number of hydrogen-bond donors (Lipinski definition) is 0. The van der Waals surface area contributed by atoms with E-state index in [1.807, 2.05) is 30.3 Å². The molecule has 3 aromatic rings. The van der Waals surface area contributed by atoms with Gasteiger partial charge in [-0.1, -0.05) is 42.5 Å². The van der Waals surface area contributed by atoms with Crippen molar-refractivity contribution >= 4 is 15.9 Å². The lowest BCUT2D eigenvalue weighted by Gasteiger charge is -2.13. The van der Waals surface area contributed by atoms with Crippen LogP contribution in [0.5, 0.6) is 0 Å². The molecule has 0 bridgehead atoms. The van der Waals surface area contributed by atoms with Gasteiger partial charge in [0.2, 0.25) is 5.82 Å². The lowest BCUT2D eigenvalue weighted by molar-refractivity contribution is 0.0866. The summed E-state index contributed by atoms with van der Waals surface area (Å²) in [6, 6.07) is 15.5. The molecule has 0 saturated heterocycles. The van der Waals surface area contributed by atoms with Crippen molar-refractivity contribution in [1.29, 1.82) is 0 Å². The lowest BCUT2D eigenvalue weighted by Crippen LogP contribution is -2.33. The summed E-state index contributed by atoms with van der Waals surface area (Å²) in [5, 5.41) is 12.1. The second-order valence-electron chi connectivity index (χ2n) is 5.45. The minimum atomic E-state index is -3.82. The maximum absolute atomic E-state index is 12.5. The van der Waals surface area contributed by atoms with Crippen molar-refractivity contribution in [2.75, 3.05) is 6.54 Å². The number of aromatic nitrogens is 4. The highest BCUT2D eigenvalue weighted by Gasteiger charge is 2.40. The summed E-state index contributed by atoms with van der Waals surface area (Å²) < 4.78 is 25.8. The summed E-state index contributed by atoms with van der Waals surface area (Å²) in [6.45, 7) is 0.0687. The molecular weight excluding hydrogens is 342 g/mol. The zero-order valence-electron chi connectivity index (χ0n) is 13.0. The normalized spacial score (nSPS) is 15.4. The van der Waals surface area contributed by atoms with Crippen molar-refractivity contribution in [3.63, 3.8) is 0 Å². The first-order valence-electron chi connectivity index (χ1n) is 7.57. The second-order valence-corrected chi connectivity index (χ2v) is 7.28. The molecule has 0 radical (unpaired) electrons. The van der Waals surface area contributed by atoms with Gasteiger partial charge < -0.3 is 0 Å². The molecule has 2 heterocycles. The van der Waals surface area contributed by atoms with Crippen molar-refractivity contribution in [2.24, 2.45) is 0 Å². The summed E-state index contributed by atoms with van der Waals surface area (Å²) >= 11 is 0. The number of carbonyl (C=O) groups is 1. The lowest BCUT2D eigenvalue weighted by atomic mass is 10.2. The number of carbonyl (C=O) groups excluding carboxylic acids is 1. The molecule has 8 nitrogen and oxygen atoms in total. The van der Waals surface area contributed by atoms with Gasteiger partial charge in [-0.15, -0.1) is 10.2 Å². The highest BCUT2D eigenvalue weighted by atomic mass is 32.2. The van der Waals surface area contributed by atoms with Gasteiger partial charge in [0, 0.05) is 5.56 Å². The number of rotatable bonds is 4. The van der Waals surface area contributed by atoms with Gasteiger partial charge in [0.15, 0.2) is 0 Å². The molecule has 4 rings (SSSR count). The van der Waals surface area contributed by atoms with Crippen LogP contribution >= 0.6 is 0 Å². The summed E-state index contributed by atoms with van der Waals surface area (Å²) in [7, 11) is -3.82. The molecule has 0 aliphatic carbocycles. The topological polar surface area (TPSA) is 98.1 Å². The third-order valence-corrected chi connectivity index (χ3v) is 5.74. The molecule has 0 fully saturated rings. The van der Waals surface area contributed by atoms with Crippen LogP contribution in [0.4, 0.5) is 0 Å². The zero-order chi connectivity index (χ0) is 17.4. The first kappa shape index (κ1) is 15.5. The van der Waals surface area contributed by atoms with Crippen molar-refractivity contribution in [1.82, 2.24) is 24.5 Å². The van der Waals surface area contributed by atoms with Gasteiger partial charge in [0.1, 0.15) is 4.90 Å². The van der Waals surface area contributed by atoms with E-state index in [0.717, 1.165) is 9.87 Å². The van der Waals surface area contributed by atoms with Crippen molar-refractivity contribution in [2.45, 2.75) is 11.4 Å². The average Bonchev–Trinajstić information content (AvgIpc) is 3.17. The quantitative estimate of drug-likeness (QED) is 0.697. The number of sulfonamides is 1. The Morgan fingerprint density at radius 2 is 1.64 bits per heavy atom. The van der Waals surface area contributed by atoms with Gasteiger partial charge in [0.25, 0.3) is 15.9 Å². The minimum Gasteiger partial charge on any atom is -0.268 e. The molecule has 1 amide bonds. The zero-order valence-corrected chi connectivity index (χ0v) is 13.8. The predicted octanol–water partition coefficient (Wildman–Crippen LogP) is 1.18. The van der Waals surface area contributed by atoms with Crippen molar-refractivity contribution in [3.8, 4) is 11.4 Å². The molecule has 9 heteroatoms. The third-order valence-electron chi connectivity index (χ3n) is 3.90. The van der Waals surface area contributed by atoms with Gasteiger partial charge in [0.05, 0.1) is 18.7 Å². The summed E-state index contributed by atoms with van der Waals surface area (Å²) in [6.07, 6.45) is 0. The number of hydrogen-bond acceptors (Lipinski definition) is 6. The molecule has 1 aliphatic rings. The second kappa shape index (κ2) is 5.78. The SMILES string of the molecule is O=C1c2ccccc2S(=O)(=O)N1CCn1nnc(-c2ccccc2)n1. The van der Waals surface area contributed by atoms with Gasteiger partial charge >= 0.3 is 0 Å². The maximum atomic E-state index is 12.5. The summed E-state index contributed by atoms with van der Waals surface area (Å²) in [5.74, 6) is -0.0847. The number of nitrogens with zero attached hydrogens (tertiary/aromatic N) is 5. The Morgan fingerprint density at radius 3 is 2.40 bits per heavy atom. The standard InChI is InChI=1S/C16H13N5O3S/c22-16-13-8-4-5-9-14(13)25(23,24)20(16)10-11-21-18-15(17-19-21)12-6-2-1-3-7-12/h1-9H,10-11H2. The Morgan fingerprint density at radius 1 is 0.920 bits per heavy atom. The highest BCUT2D eigenvalue weighted by Crippen LogP contribution is 2.29. The number of amides is 1. The molecule has 0 unspecified atom stereocenters. The highest BCUT2D eigenvalue weighted by molar-refractivity contribution is 7.90. The molecule has 2 aromatic carbocycles. The Hall–Kier alpha value is -3.07. The van der Waals surface area contributed by atoms with E-state index in [9.17, 15) is 13.2 Å². The van der Waals surface area contributed by atoms with Crippen molar-refractivity contribution < 1.29 is 13.2 Å². The predicted molar refractivity (Wildman–Crippen MR) is 87.9 cm³/mol. The van der Waals surface area contributed by atoms with Crippen LogP contribution in [0, 0.1) is 0 Å². The van der Waals surface area contributed by atoms with Gasteiger partial charge in [-0.3, -0.25) is 4.79 Å². The monoisotopic (exact) mass is 355 g/mol. The summed E-state index contributed by atoms with van der Waals surface area (Å²) in [4.78, 5) is 13.7. The van der Waals surface area contributed by atoms with Gasteiger partial charge in [-0.25, -0.2) is 12.7 Å². The van der Waals surface area contributed by atoms with Crippen LogP contribution in [-0.2, 0) is 16.6 Å². The van der Waals surface area contributed by atoms with Crippen LogP contribution in [0.25, 0.3) is 11.4 Å². The minimum absolute atomic E-state index is 0.0384.